The number of unbranched alkanes of at least 4 members (excludes halogenated alkanes) is 1. The van der Waals surface area contributed by atoms with Gasteiger partial charge in [0.15, 0.2) is 5.79 Å². The fourth-order valence-corrected chi connectivity index (χ4v) is 2.78. The molecule has 2 rings (SSSR count). The summed E-state index contributed by atoms with van der Waals surface area (Å²) >= 11 is 0. The first kappa shape index (κ1) is 14.8. The van der Waals surface area contributed by atoms with Gasteiger partial charge in [-0.15, -0.1) is 0 Å². The summed E-state index contributed by atoms with van der Waals surface area (Å²) in [5.41, 5.74) is -0.756. The first-order chi connectivity index (χ1) is 9.16. The number of hydrogen-bond donors (Lipinski definition) is 1. The van der Waals surface area contributed by atoms with E-state index in [4.69, 9.17) is 14.2 Å². The Morgan fingerprint density at radius 2 is 1.84 bits per heavy atom. The van der Waals surface area contributed by atoms with Crippen LogP contribution in [0.15, 0.2) is 0 Å². The Morgan fingerprint density at radius 1 is 1.21 bits per heavy atom. The molecule has 2 fully saturated rings. The predicted molar refractivity (Wildman–Crippen MR) is 68.5 cm³/mol. The maximum Gasteiger partial charge on any atom is 0.314 e. The molecule has 1 aliphatic heterocycles. The molecule has 0 radical (unpaired) electrons. The number of carbonyl (C=O) groups excluding carboxylic acids is 1. The van der Waals surface area contributed by atoms with Gasteiger partial charge < -0.3 is 19.3 Å². The SMILES string of the molecule is CCCCOC(=O)C1(CO)CCC2(CC1)OCCO2. The van der Waals surface area contributed by atoms with Gasteiger partial charge in [-0.1, -0.05) is 13.3 Å². The minimum absolute atomic E-state index is 0.159. The predicted octanol–water partition coefficient (Wildman–Crippen LogP) is 1.63. The van der Waals surface area contributed by atoms with Crippen LogP contribution in [-0.4, -0.2) is 43.3 Å². The van der Waals surface area contributed by atoms with Crippen LogP contribution >= 0.6 is 0 Å². The van der Waals surface area contributed by atoms with Gasteiger partial charge in [-0.05, 0) is 19.3 Å². The van der Waals surface area contributed by atoms with Gasteiger partial charge in [-0.2, -0.15) is 0 Å². The highest BCUT2D eigenvalue weighted by molar-refractivity contribution is 5.77. The Morgan fingerprint density at radius 3 is 2.37 bits per heavy atom. The van der Waals surface area contributed by atoms with Gasteiger partial charge in [0, 0.05) is 12.8 Å². The lowest BCUT2D eigenvalue weighted by Crippen LogP contribution is -2.46. The maximum absolute atomic E-state index is 12.2. The molecule has 0 atom stereocenters. The van der Waals surface area contributed by atoms with Crippen molar-refractivity contribution in [2.45, 2.75) is 51.2 Å². The molecule has 110 valence electrons. The van der Waals surface area contributed by atoms with Crippen molar-refractivity contribution >= 4 is 5.97 Å². The van der Waals surface area contributed by atoms with Crippen LogP contribution in [0.5, 0.6) is 0 Å². The third kappa shape index (κ3) is 3.09. The molecular weight excluding hydrogens is 248 g/mol. The lowest BCUT2D eigenvalue weighted by atomic mass is 9.72. The average Bonchev–Trinajstić information content (AvgIpc) is 2.89. The molecule has 1 aliphatic carbocycles. The molecule has 0 amide bonds. The third-order valence-electron chi connectivity index (χ3n) is 4.25. The fraction of sp³-hybridized carbons (Fsp3) is 0.929. The molecule has 1 saturated heterocycles. The van der Waals surface area contributed by atoms with Crippen LogP contribution in [0.25, 0.3) is 0 Å². The van der Waals surface area contributed by atoms with Crippen molar-refractivity contribution in [3.05, 3.63) is 0 Å². The van der Waals surface area contributed by atoms with Gasteiger partial charge in [0.25, 0.3) is 0 Å². The Bertz CT molecular complexity index is 299. The number of hydrogen-bond acceptors (Lipinski definition) is 5. The molecule has 0 aromatic rings. The monoisotopic (exact) mass is 272 g/mol. The van der Waals surface area contributed by atoms with E-state index in [1.54, 1.807) is 0 Å². The molecule has 0 aromatic heterocycles. The van der Waals surface area contributed by atoms with Crippen LogP contribution in [-0.2, 0) is 19.0 Å². The zero-order valence-corrected chi connectivity index (χ0v) is 11.7. The number of carbonyl (C=O) groups is 1. The molecule has 0 aromatic carbocycles. The molecule has 0 bridgehead atoms. The van der Waals surface area contributed by atoms with E-state index in [1.165, 1.54) is 0 Å². The molecule has 1 spiro atoms. The van der Waals surface area contributed by atoms with Crippen molar-refractivity contribution < 1.29 is 24.1 Å². The third-order valence-corrected chi connectivity index (χ3v) is 4.25. The standard InChI is InChI=1S/C14H24O5/c1-2-3-8-17-12(16)13(11-15)4-6-14(7-5-13)18-9-10-19-14/h15H,2-11H2,1H3. The molecule has 5 heteroatoms. The Kier molecular flexibility index (Phi) is 4.81. The molecule has 1 heterocycles. The topological polar surface area (TPSA) is 65.0 Å². The van der Waals surface area contributed by atoms with E-state index < -0.39 is 11.2 Å². The van der Waals surface area contributed by atoms with Gasteiger partial charge in [0.05, 0.1) is 31.8 Å². The minimum Gasteiger partial charge on any atom is -0.465 e. The number of aliphatic hydroxyl groups is 1. The van der Waals surface area contributed by atoms with E-state index in [0.717, 1.165) is 12.8 Å². The van der Waals surface area contributed by atoms with Crippen molar-refractivity contribution in [3.63, 3.8) is 0 Å². The largest absolute Gasteiger partial charge is 0.465 e. The van der Waals surface area contributed by atoms with E-state index in [9.17, 15) is 9.90 Å². The van der Waals surface area contributed by atoms with Gasteiger partial charge in [-0.3, -0.25) is 4.79 Å². The van der Waals surface area contributed by atoms with Crippen molar-refractivity contribution in [1.82, 2.24) is 0 Å². The van der Waals surface area contributed by atoms with Crippen molar-refractivity contribution in [2.75, 3.05) is 26.4 Å². The molecule has 1 N–H and O–H groups in total. The number of esters is 1. The van der Waals surface area contributed by atoms with E-state index >= 15 is 0 Å². The zero-order valence-electron chi connectivity index (χ0n) is 11.7. The summed E-state index contributed by atoms with van der Waals surface area (Å²) in [5.74, 6) is -0.779. The van der Waals surface area contributed by atoms with Gasteiger partial charge >= 0.3 is 5.97 Å². The molecular formula is C14H24O5. The zero-order chi connectivity index (χ0) is 13.8. The second kappa shape index (κ2) is 6.20. The van der Waals surface area contributed by atoms with E-state index in [2.05, 4.69) is 6.92 Å². The minimum atomic E-state index is -0.756. The quantitative estimate of drug-likeness (QED) is 0.608. The first-order valence-electron chi connectivity index (χ1n) is 7.22. The van der Waals surface area contributed by atoms with Crippen molar-refractivity contribution in [2.24, 2.45) is 5.41 Å². The summed E-state index contributed by atoms with van der Waals surface area (Å²) < 4.78 is 16.6. The van der Waals surface area contributed by atoms with E-state index in [1.807, 2.05) is 0 Å². The van der Waals surface area contributed by atoms with Crippen LogP contribution in [0.3, 0.4) is 0 Å². The summed E-state index contributed by atoms with van der Waals surface area (Å²) in [6, 6.07) is 0. The lowest BCUT2D eigenvalue weighted by Gasteiger charge is -2.40. The number of rotatable bonds is 5. The normalized spacial score (nSPS) is 24.5. The maximum atomic E-state index is 12.2. The molecule has 0 unspecified atom stereocenters. The van der Waals surface area contributed by atoms with Crippen molar-refractivity contribution in [1.29, 1.82) is 0 Å². The molecule has 5 nitrogen and oxygen atoms in total. The van der Waals surface area contributed by atoms with Crippen molar-refractivity contribution in [3.8, 4) is 0 Å². The lowest BCUT2D eigenvalue weighted by molar-refractivity contribution is -0.202. The Labute approximate surface area is 114 Å². The highest BCUT2D eigenvalue weighted by Crippen LogP contribution is 2.45. The molecule has 2 aliphatic rings. The summed E-state index contributed by atoms with van der Waals surface area (Å²) in [6.07, 6.45) is 4.28. The highest BCUT2D eigenvalue weighted by atomic mass is 16.7. The summed E-state index contributed by atoms with van der Waals surface area (Å²) in [6.45, 7) is 3.57. The van der Waals surface area contributed by atoms with Crippen LogP contribution in [0.4, 0.5) is 0 Å². The molecule has 19 heavy (non-hydrogen) atoms. The first-order valence-corrected chi connectivity index (χ1v) is 7.22. The Balaban J connectivity index is 1.91. The van der Waals surface area contributed by atoms with Gasteiger partial charge in [0.2, 0.25) is 0 Å². The van der Waals surface area contributed by atoms with Crippen LogP contribution in [0.2, 0.25) is 0 Å². The van der Waals surface area contributed by atoms with E-state index in [-0.39, 0.29) is 12.6 Å². The van der Waals surface area contributed by atoms with Gasteiger partial charge in [0.1, 0.15) is 0 Å². The summed E-state index contributed by atoms with van der Waals surface area (Å²) in [4.78, 5) is 12.2. The van der Waals surface area contributed by atoms with E-state index in [0.29, 0.717) is 45.5 Å². The number of ether oxygens (including phenoxy) is 3. The van der Waals surface area contributed by atoms with Gasteiger partial charge in [-0.25, -0.2) is 0 Å². The summed E-state index contributed by atoms with van der Waals surface area (Å²) in [5, 5.41) is 9.62. The molecule has 1 saturated carbocycles. The Hall–Kier alpha value is -0.650. The number of aliphatic hydroxyl groups excluding tert-OH is 1. The second-order valence-corrected chi connectivity index (χ2v) is 5.54. The smallest absolute Gasteiger partial charge is 0.314 e. The summed E-state index contributed by atoms with van der Waals surface area (Å²) in [7, 11) is 0. The average molecular weight is 272 g/mol. The van der Waals surface area contributed by atoms with Crippen LogP contribution in [0, 0.1) is 5.41 Å². The second-order valence-electron chi connectivity index (χ2n) is 5.54. The fourth-order valence-electron chi connectivity index (χ4n) is 2.78. The highest BCUT2D eigenvalue weighted by Gasteiger charge is 2.50. The van der Waals surface area contributed by atoms with Crippen LogP contribution in [0.1, 0.15) is 45.4 Å². The van der Waals surface area contributed by atoms with Crippen LogP contribution < -0.4 is 0 Å².